The van der Waals surface area contributed by atoms with E-state index in [9.17, 15) is 4.79 Å². The summed E-state index contributed by atoms with van der Waals surface area (Å²) in [5.74, 6) is -0.0807. The summed E-state index contributed by atoms with van der Waals surface area (Å²) in [5, 5.41) is 22.0. The average molecular weight is 290 g/mol. The Morgan fingerprint density at radius 3 is 2.71 bits per heavy atom. The molecule has 1 aromatic rings. The van der Waals surface area contributed by atoms with E-state index in [1.54, 1.807) is 24.3 Å². The number of anilines is 2. The summed E-state index contributed by atoms with van der Waals surface area (Å²) >= 11 is 0. The van der Waals surface area contributed by atoms with Crippen molar-refractivity contribution in [2.45, 2.75) is 0 Å². The van der Waals surface area contributed by atoms with Gasteiger partial charge in [0.05, 0.1) is 25.6 Å². The maximum atomic E-state index is 11.2. The monoisotopic (exact) mass is 290 g/mol. The number of hydrogen-bond acceptors (Lipinski definition) is 7. The number of hydrazone groups is 1. The second-order valence-electron chi connectivity index (χ2n) is 3.63. The van der Waals surface area contributed by atoms with Gasteiger partial charge >= 0.3 is 6.09 Å². The van der Waals surface area contributed by atoms with Crippen molar-refractivity contribution in [3.63, 3.8) is 0 Å². The zero-order chi connectivity index (χ0) is 15.8. The Morgan fingerprint density at radius 2 is 2.19 bits per heavy atom. The normalized spacial score (nSPS) is 10.2. The molecular weight excluding hydrogens is 276 g/mol. The fourth-order valence-corrected chi connectivity index (χ4v) is 1.29. The molecule has 1 rings (SSSR count). The molecule has 0 aliphatic heterocycles. The molecule has 0 aliphatic carbocycles. The first kappa shape index (κ1) is 15.8. The number of nitrogens with two attached hydrogens (primary N) is 1. The lowest BCUT2D eigenvalue weighted by Crippen LogP contribution is -2.21. The van der Waals surface area contributed by atoms with Crippen LogP contribution in [0.1, 0.15) is 0 Å². The average Bonchev–Trinajstić information content (AvgIpc) is 2.48. The van der Waals surface area contributed by atoms with E-state index < -0.39 is 11.9 Å². The van der Waals surface area contributed by atoms with Gasteiger partial charge in [-0.2, -0.15) is 10.4 Å². The van der Waals surface area contributed by atoms with Crippen LogP contribution in [0, 0.1) is 16.7 Å². The molecule has 0 heterocycles. The molecule has 21 heavy (non-hydrogen) atoms. The number of amidine groups is 1. The molecular formula is C12H14N6O3. The van der Waals surface area contributed by atoms with Crippen LogP contribution in [0.15, 0.2) is 23.3 Å². The van der Waals surface area contributed by atoms with Gasteiger partial charge in [-0.1, -0.05) is 0 Å². The summed E-state index contributed by atoms with van der Waals surface area (Å²) in [6.07, 6.45) is -0.629. The van der Waals surface area contributed by atoms with Crippen LogP contribution in [0.25, 0.3) is 0 Å². The van der Waals surface area contributed by atoms with Crippen LogP contribution in [0.4, 0.5) is 16.2 Å². The smallest absolute Gasteiger partial charge is 0.411 e. The van der Waals surface area contributed by atoms with Crippen LogP contribution in [0.2, 0.25) is 0 Å². The molecule has 0 aliphatic rings. The predicted molar refractivity (Wildman–Crippen MR) is 77.6 cm³/mol. The highest BCUT2D eigenvalue weighted by Crippen LogP contribution is 2.28. The van der Waals surface area contributed by atoms with E-state index in [-0.39, 0.29) is 5.71 Å². The molecule has 0 radical (unpaired) electrons. The minimum Gasteiger partial charge on any atom is -0.494 e. The first-order valence-corrected chi connectivity index (χ1v) is 5.63. The number of nitriles is 1. The number of methoxy groups -OCH3 is 2. The van der Waals surface area contributed by atoms with Gasteiger partial charge in [-0.3, -0.25) is 16.2 Å². The Balaban J connectivity index is 2.95. The van der Waals surface area contributed by atoms with Gasteiger partial charge in [0.1, 0.15) is 11.8 Å². The standard InChI is InChI=1S/C12H14N6O3/c1-20-10-5-7(17-18-9(6-13)11(14)15)3-4-8(10)16-12(19)21-2/h3-5,17H,1-2H3,(H3,14,15)(H,16,19)/b18-9+. The third kappa shape index (κ3) is 4.39. The van der Waals surface area contributed by atoms with E-state index in [2.05, 4.69) is 20.6 Å². The Labute approximate surface area is 120 Å². The van der Waals surface area contributed by atoms with Crippen molar-refractivity contribution in [3.05, 3.63) is 18.2 Å². The van der Waals surface area contributed by atoms with Crippen molar-refractivity contribution < 1.29 is 14.3 Å². The zero-order valence-electron chi connectivity index (χ0n) is 11.4. The van der Waals surface area contributed by atoms with Gasteiger partial charge in [0, 0.05) is 6.07 Å². The molecule has 0 saturated heterocycles. The number of hydrogen-bond donors (Lipinski definition) is 4. The van der Waals surface area contributed by atoms with Crippen LogP contribution in [-0.2, 0) is 4.74 Å². The number of carbonyl (C=O) groups is 1. The van der Waals surface area contributed by atoms with Gasteiger partial charge in [0.15, 0.2) is 5.84 Å². The van der Waals surface area contributed by atoms with Crippen molar-refractivity contribution in [2.24, 2.45) is 10.8 Å². The topological polar surface area (TPSA) is 146 Å². The maximum Gasteiger partial charge on any atom is 0.411 e. The molecule has 0 spiro atoms. The van der Waals surface area contributed by atoms with E-state index in [4.69, 9.17) is 21.1 Å². The van der Waals surface area contributed by atoms with Crippen molar-refractivity contribution in [3.8, 4) is 11.8 Å². The molecule has 1 aromatic carbocycles. The Hall–Kier alpha value is -3.28. The van der Waals surface area contributed by atoms with Gasteiger partial charge in [0.2, 0.25) is 5.71 Å². The van der Waals surface area contributed by atoms with Crippen LogP contribution in [-0.4, -0.2) is 31.9 Å². The van der Waals surface area contributed by atoms with E-state index >= 15 is 0 Å². The van der Waals surface area contributed by atoms with Gasteiger partial charge in [-0.25, -0.2) is 4.79 Å². The van der Waals surface area contributed by atoms with Gasteiger partial charge < -0.3 is 15.2 Å². The van der Waals surface area contributed by atoms with E-state index in [1.165, 1.54) is 14.2 Å². The van der Waals surface area contributed by atoms with Gasteiger partial charge in [-0.05, 0) is 12.1 Å². The molecule has 0 saturated carbocycles. The molecule has 5 N–H and O–H groups in total. The highest BCUT2D eigenvalue weighted by atomic mass is 16.5. The molecule has 110 valence electrons. The number of nitrogens with one attached hydrogen (secondary N) is 3. The van der Waals surface area contributed by atoms with Crippen molar-refractivity contribution in [1.29, 1.82) is 10.7 Å². The largest absolute Gasteiger partial charge is 0.494 e. The number of benzene rings is 1. The van der Waals surface area contributed by atoms with Gasteiger partial charge in [-0.15, -0.1) is 0 Å². The summed E-state index contributed by atoms with van der Waals surface area (Å²) in [6.45, 7) is 0. The first-order chi connectivity index (χ1) is 10.0. The molecule has 0 unspecified atom stereocenters. The lowest BCUT2D eigenvalue weighted by molar-refractivity contribution is 0.187. The van der Waals surface area contributed by atoms with E-state index in [1.807, 2.05) is 0 Å². The van der Waals surface area contributed by atoms with Crippen LogP contribution < -0.4 is 21.2 Å². The summed E-state index contributed by atoms with van der Waals surface area (Å²) in [4.78, 5) is 11.2. The molecule has 9 heteroatoms. The Kier molecular flexibility index (Phi) is 5.52. The minimum absolute atomic E-state index is 0.245. The van der Waals surface area contributed by atoms with Crippen LogP contribution >= 0.6 is 0 Å². The number of ether oxygens (including phenoxy) is 2. The van der Waals surface area contributed by atoms with Crippen molar-refractivity contribution in [1.82, 2.24) is 0 Å². The number of amides is 1. The number of nitrogens with zero attached hydrogens (tertiary/aromatic N) is 2. The van der Waals surface area contributed by atoms with Crippen molar-refractivity contribution >= 4 is 29.0 Å². The second-order valence-corrected chi connectivity index (χ2v) is 3.63. The summed E-state index contributed by atoms with van der Waals surface area (Å²) in [5.41, 5.74) is 8.38. The Bertz CT molecular complexity index is 620. The van der Waals surface area contributed by atoms with Crippen molar-refractivity contribution in [2.75, 3.05) is 25.0 Å². The molecule has 0 fully saturated rings. The van der Waals surface area contributed by atoms with E-state index in [0.717, 1.165) is 0 Å². The van der Waals surface area contributed by atoms with Crippen LogP contribution in [0.3, 0.4) is 0 Å². The minimum atomic E-state index is -0.629. The Morgan fingerprint density at radius 1 is 1.48 bits per heavy atom. The SMILES string of the molecule is COC(=O)Nc1ccc(N/N=C(\C#N)C(=N)N)cc1OC. The summed E-state index contributed by atoms with van der Waals surface area (Å²) < 4.78 is 9.61. The highest BCUT2D eigenvalue weighted by molar-refractivity contribution is 6.45. The number of carbonyl (C=O) groups excluding carboxylic acids is 1. The third-order valence-electron chi connectivity index (χ3n) is 2.28. The fraction of sp³-hybridized carbons (Fsp3) is 0.167. The highest BCUT2D eigenvalue weighted by Gasteiger charge is 2.08. The molecule has 1 amide bonds. The van der Waals surface area contributed by atoms with Gasteiger partial charge in [0.25, 0.3) is 0 Å². The molecule has 9 nitrogen and oxygen atoms in total. The lowest BCUT2D eigenvalue weighted by atomic mass is 10.2. The molecule has 0 bridgehead atoms. The second kappa shape index (κ2) is 7.34. The maximum absolute atomic E-state index is 11.2. The number of rotatable bonds is 5. The fourth-order valence-electron chi connectivity index (χ4n) is 1.29. The predicted octanol–water partition coefficient (Wildman–Crippen LogP) is 1.10. The quantitative estimate of drug-likeness (QED) is 0.363. The molecule has 0 atom stereocenters. The van der Waals surface area contributed by atoms with E-state index in [0.29, 0.717) is 17.1 Å². The zero-order valence-corrected chi connectivity index (χ0v) is 11.4. The summed E-state index contributed by atoms with van der Waals surface area (Å²) in [6, 6.07) is 6.38. The third-order valence-corrected chi connectivity index (χ3v) is 2.28. The summed E-state index contributed by atoms with van der Waals surface area (Å²) in [7, 11) is 2.68. The lowest BCUT2D eigenvalue weighted by Gasteiger charge is -2.11. The first-order valence-electron chi connectivity index (χ1n) is 5.63. The van der Waals surface area contributed by atoms with Crippen LogP contribution in [0.5, 0.6) is 5.75 Å². The molecule has 0 aromatic heterocycles.